The van der Waals surface area contributed by atoms with E-state index in [2.05, 4.69) is 5.32 Å². The predicted molar refractivity (Wildman–Crippen MR) is 78.2 cm³/mol. The zero-order valence-corrected chi connectivity index (χ0v) is 11.9. The van der Waals surface area contributed by atoms with Crippen molar-refractivity contribution in [3.8, 4) is 0 Å². The summed E-state index contributed by atoms with van der Waals surface area (Å²) in [6, 6.07) is 4.50. The molecule has 1 aliphatic rings. The summed E-state index contributed by atoms with van der Waals surface area (Å²) in [5, 5.41) is 11.9. The average Bonchev–Trinajstić information content (AvgIpc) is 2.41. The van der Waals surface area contributed by atoms with Gasteiger partial charge in [-0.1, -0.05) is 30.9 Å². The van der Waals surface area contributed by atoms with Gasteiger partial charge in [-0.3, -0.25) is 4.79 Å². The summed E-state index contributed by atoms with van der Waals surface area (Å²) in [4.78, 5) is 22.9. The van der Waals surface area contributed by atoms with Gasteiger partial charge in [-0.15, -0.1) is 0 Å². The third kappa shape index (κ3) is 3.97. The molecule has 0 saturated heterocycles. The highest BCUT2D eigenvalue weighted by Gasteiger charge is 2.17. The molecule has 0 radical (unpaired) electrons. The molecule has 1 aliphatic carbocycles. The molecule has 1 fully saturated rings. The molecule has 20 heavy (non-hydrogen) atoms. The number of amides is 1. The molecule has 1 aromatic carbocycles. The molecule has 0 bridgehead atoms. The molecule has 1 saturated carbocycles. The van der Waals surface area contributed by atoms with Crippen LogP contribution in [-0.4, -0.2) is 17.0 Å². The molecule has 2 N–H and O–H groups in total. The van der Waals surface area contributed by atoms with Crippen LogP contribution in [0, 0.1) is 5.92 Å². The Kier molecular flexibility index (Phi) is 5.01. The van der Waals surface area contributed by atoms with Crippen molar-refractivity contribution < 1.29 is 14.7 Å². The van der Waals surface area contributed by atoms with E-state index in [1.165, 1.54) is 31.4 Å². The van der Waals surface area contributed by atoms with Gasteiger partial charge in [-0.05, 0) is 37.0 Å². The number of hydrogen-bond acceptors (Lipinski definition) is 2. The minimum atomic E-state index is -1.10. The van der Waals surface area contributed by atoms with Gasteiger partial charge in [0.1, 0.15) is 0 Å². The summed E-state index contributed by atoms with van der Waals surface area (Å²) in [6.07, 6.45) is 6.37. The lowest BCUT2D eigenvalue weighted by Gasteiger charge is -2.20. The molecule has 108 valence electrons. The van der Waals surface area contributed by atoms with Gasteiger partial charge in [0.15, 0.2) is 0 Å². The molecular formula is C15H18ClNO3. The van der Waals surface area contributed by atoms with Gasteiger partial charge >= 0.3 is 5.97 Å². The number of carboxylic acids is 1. The third-order valence-electron chi connectivity index (χ3n) is 3.68. The third-order valence-corrected chi connectivity index (χ3v) is 4.01. The van der Waals surface area contributed by atoms with Crippen LogP contribution < -0.4 is 5.32 Å². The maximum Gasteiger partial charge on any atom is 0.337 e. The number of carbonyl (C=O) groups excluding carboxylic acids is 1. The first kappa shape index (κ1) is 14.9. The number of carbonyl (C=O) groups is 2. The Morgan fingerprint density at radius 2 is 1.95 bits per heavy atom. The number of benzene rings is 1. The first-order valence-electron chi connectivity index (χ1n) is 6.89. The number of aromatic carboxylic acids is 1. The van der Waals surface area contributed by atoms with Gasteiger partial charge in [0.05, 0.1) is 10.6 Å². The summed E-state index contributed by atoms with van der Waals surface area (Å²) in [6.45, 7) is 0. The van der Waals surface area contributed by atoms with Crippen LogP contribution in [0.2, 0.25) is 5.02 Å². The Bertz CT molecular complexity index is 510. The normalized spacial score (nSPS) is 15.8. The minimum absolute atomic E-state index is 0.00198. The van der Waals surface area contributed by atoms with Crippen molar-refractivity contribution in [2.75, 3.05) is 5.32 Å². The summed E-state index contributed by atoms with van der Waals surface area (Å²) in [5.41, 5.74) is 0.481. The highest BCUT2D eigenvalue weighted by molar-refractivity contribution is 6.33. The van der Waals surface area contributed by atoms with Crippen molar-refractivity contribution in [1.29, 1.82) is 0 Å². The Hall–Kier alpha value is -1.55. The molecule has 0 unspecified atom stereocenters. The van der Waals surface area contributed by atoms with E-state index in [-0.39, 0.29) is 16.5 Å². The number of halogens is 1. The van der Waals surface area contributed by atoms with E-state index < -0.39 is 5.97 Å². The van der Waals surface area contributed by atoms with Crippen LogP contribution in [0.25, 0.3) is 0 Å². The lowest BCUT2D eigenvalue weighted by molar-refractivity contribution is -0.117. The molecule has 0 heterocycles. The predicted octanol–water partition coefficient (Wildman–Crippen LogP) is 3.95. The topological polar surface area (TPSA) is 66.4 Å². The molecule has 2 rings (SSSR count). The molecule has 4 nitrogen and oxygen atoms in total. The number of hydrogen-bond donors (Lipinski definition) is 2. The Morgan fingerprint density at radius 3 is 2.60 bits per heavy atom. The van der Waals surface area contributed by atoms with Crippen molar-refractivity contribution in [3.05, 3.63) is 28.8 Å². The van der Waals surface area contributed by atoms with Crippen molar-refractivity contribution in [1.82, 2.24) is 0 Å². The maximum atomic E-state index is 12.0. The van der Waals surface area contributed by atoms with Crippen molar-refractivity contribution in [2.45, 2.75) is 38.5 Å². The quantitative estimate of drug-likeness (QED) is 0.884. The van der Waals surface area contributed by atoms with E-state index in [9.17, 15) is 9.59 Å². The minimum Gasteiger partial charge on any atom is -0.478 e. The van der Waals surface area contributed by atoms with Gasteiger partial charge in [0.2, 0.25) is 5.91 Å². The van der Waals surface area contributed by atoms with E-state index in [1.807, 2.05) is 0 Å². The van der Waals surface area contributed by atoms with Crippen LogP contribution in [0.15, 0.2) is 18.2 Å². The lowest BCUT2D eigenvalue weighted by atomic mass is 9.87. The molecule has 0 aliphatic heterocycles. The van der Waals surface area contributed by atoms with Crippen LogP contribution >= 0.6 is 11.6 Å². The average molecular weight is 296 g/mol. The first-order valence-corrected chi connectivity index (χ1v) is 7.27. The second-order valence-electron chi connectivity index (χ2n) is 5.26. The number of anilines is 1. The number of carboxylic acid groups (broad SMARTS) is 1. The fourth-order valence-corrected chi connectivity index (χ4v) is 2.83. The molecule has 0 atom stereocenters. The first-order chi connectivity index (χ1) is 9.56. The van der Waals surface area contributed by atoms with Crippen molar-refractivity contribution >= 4 is 29.2 Å². The zero-order chi connectivity index (χ0) is 14.5. The highest BCUT2D eigenvalue weighted by Crippen LogP contribution is 2.27. The summed E-state index contributed by atoms with van der Waals surface area (Å²) in [7, 11) is 0. The Balaban J connectivity index is 1.96. The SMILES string of the molecule is O=C(CC1CCCCC1)Nc1ccc(Cl)c(C(=O)O)c1. The van der Waals surface area contributed by atoms with E-state index in [1.54, 1.807) is 6.07 Å². The molecule has 0 aromatic heterocycles. The van der Waals surface area contributed by atoms with Crippen LogP contribution in [0.1, 0.15) is 48.9 Å². The van der Waals surface area contributed by atoms with Crippen LogP contribution in [0.4, 0.5) is 5.69 Å². The van der Waals surface area contributed by atoms with Gasteiger partial charge in [0.25, 0.3) is 0 Å². The largest absolute Gasteiger partial charge is 0.478 e. The second-order valence-corrected chi connectivity index (χ2v) is 5.66. The van der Waals surface area contributed by atoms with Crippen LogP contribution in [0.5, 0.6) is 0 Å². The maximum absolute atomic E-state index is 12.0. The number of rotatable bonds is 4. The standard InChI is InChI=1S/C15H18ClNO3/c16-13-7-6-11(9-12(13)15(19)20)17-14(18)8-10-4-2-1-3-5-10/h6-7,9-10H,1-5,8H2,(H,17,18)(H,19,20). The van der Waals surface area contributed by atoms with E-state index in [0.29, 0.717) is 18.0 Å². The summed E-state index contributed by atoms with van der Waals surface area (Å²) in [5.74, 6) is -0.705. The lowest BCUT2D eigenvalue weighted by Crippen LogP contribution is -2.18. The van der Waals surface area contributed by atoms with Crippen LogP contribution in [0.3, 0.4) is 0 Å². The van der Waals surface area contributed by atoms with Crippen LogP contribution in [-0.2, 0) is 4.79 Å². The highest BCUT2D eigenvalue weighted by atomic mass is 35.5. The fraction of sp³-hybridized carbons (Fsp3) is 0.467. The Morgan fingerprint density at radius 1 is 1.25 bits per heavy atom. The smallest absolute Gasteiger partial charge is 0.337 e. The second kappa shape index (κ2) is 6.75. The van der Waals surface area contributed by atoms with E-state index in [0.717, 1.165) is 12.8 Å². The van der Waals surface area contributed by atoms with Gasteiger partial charge in [-0.2, -0.15) is 0 Å². The summed E-state index contributed by atoms with van der Waals surface area (Å²) < 4.78 is 0. The molecule has 0 spiro atoms. The van der Waals surface area contributed by atoms with E-state index >= 15 is 0 Å². The van der Waals surface area contributed by atoms with E-state index in [4.69, 9.17) is 16.7 Å². The summed E-state index contributed by atoms with van der Waals surface area (Å²) >= 11 is 5.79. The number of nitrogens with one attached hydrogen (secondary N) is 1. The Labute approximate surface area is 123 Å². The molecular weight excluding hydrogens is 278 g/mol. The molecule has 1 aromatic rings. The van der Waals surface area contributed by atoms with Gasteiger partial charge < -0.3 is 10.4 Å². The van der Waals surface area contributed by atoms with Crippen molar-refractivity contribution in [2.24, 2.45) is 5.92 Å². The molecule has 1 amide bonds. The van der Waals surface area contributed by atoms with Crippen molar-refractivity contribution in [3.63, 3.8) is 0 Å². The molecule has 5 heteroatoms. The van der Waals surface area contributed by atoms with Gasteiger partial charge in [-0.25, -0.2) is 4.79 Å². The zero-order valence-electron chi connectivity index (χ0n) is 11.2. The fourth-order valence-electron chi connectivity index (χ4n) is 2.63. The monoisotopic (exact) mass is 295 g/mol. The van der Waals surface area contributed by atoms with Gasteiger partial charge in [0, 0.05) is 12.1 Å².